The Morgan fingerprint density at radius 3 is 2.56 bits per heavy atom. The molecule has 0 spiro atoms. The number of ether oxygens (including phenoxy) is 1. The fraction of sp³-hybridized carbons (Fsp3) is 0.385. The number of fused-ring (bicyclic) bond motifs is 2. The number of methoxy groups -OCH3 is 1. The molecule has 1 saturated carbocycles. The van der Waals surface area contributed by atoms with E-state index in [4.69, 9.17) is 4.74 Å². The van der Waals surface area contributed by atoms with Crippen molar-refractivity contribution in [3.05, 3.63) is 59.4 Å². The number of nitrogens with zero attached hydrogens (tertiary/aromatic N) is 2. The first-order chi connectivity index (χ1) is 16.3. The number of rotatable bonds is 5. The molecule has 0 amide bonds. The van der Waals surface area contributed by atoms with Crippen LogP contribution in [0.15, 0.2) is 36.5 Å². The zero-order chi connectivity index (χ0) is 24.2. The van der Waals surface area contributed by atoms with Gasteiger partial charge in [-0.25, -0.2) is 13.6 Å². The lowest BCUT2D eigenvalue weighted by molar-refractivity contribution is -0.166. The molecule has 0 atom stereocenters. The summed E-state index contributed by atoms with van der Waals surface area (Å²) in [5.41, 5.74) is 3.31. The number of aromatic nitrogens is 3. The Kier molecular flexibility index (Phi) is 5.43. The summed E-state index contributed by atoms with van der Waals surface area (Å²) in [5.74, 6) is -2.53. The van der Waals surface area contributed by atoms with Gasteiger partial charge < -0.3 is 14.4 Å². The van der Waals surface area contributed by atoms with Crippen LogP contribution < -0.4 is 0 Å². The number of carboxylic acid groups (broad SMARTS) is 1. The fourth-order valence-corrected chi connectivity index (χ4v) is 5.55. The average Bonchev–Trinajstić information content (AvgIpc) is 3.41. The molecule has 34 heavy (non-hydrogen) atoms. The first-order valence-corrected chi connectivity index (χ1v) is 11.5. The SMILES string of the molecule is COC1(C(=O)O)CCC(c2c(C(C)C)n(-c3ccc(F)c(F)c3)c3cc4cn[nH]c4cc23)CC1. The van der Waals surface area contributed by atoms with Crippen LogP contribution in [0.2, 0.25) is 0 Å². The van der Waals surface area contributed by atoms with Crippen LogP contribution in [0, 0.1) is 11.6 Å². The molecule has 8 heteroatoms. The zero-order valence-corrected chi connectivity index (χ0v) is 19.4. The number of carbonyl (C=O) groups is 1. The van der Waals surface area contributed by atoms with Crippen LogP contribution in [-0.2, 0) is 9.53 Å². The number of hydrogen-bond donors (Lipinski definition) is 2. The van der Waals surface area contributed by atoms with E-state index in [9.17, 15) is 18.7 Å². The first-order valence-electron chi connectivity index (χ1n) is 11.5. The van der Waals surface area contributed by atoms with E-state index in [2.05, 4.69) is 30.1 Å². The van der Waals surface area contributed by atoms with Crippen molar-refractivity contribution in [2.24, 2.45) is 0 Å². The van der Waals surface area contributed by atoms with Gasteiger partial charge in [-0.05, 0) is 67.3 Å². The van der Waals surface area contributed by atoms with Crippen molar-refractivity contribution >= 4 is 27.8 Å². The summed E-state index contributed by atoms with van der Waals surface area (Å²) < 4.78 is 35.5. The highest BCUT2D eigenvalue weighted by atomic mass is 19.2. The van der Waals surface area contributed by atoms with Crippen LogP contribution in [0.1, 0.15) is 62.6 Å². The molecule has 2 N–H and O–H groups in total. The van der Waals surface area contributed by atoms with Gasteiger partial charge >= 0.3 is 5.97 Å². The Bertz CT molecular complexity index is 1400. The molecule has 2 heterocycles. The van der Waals surface area contributed by atoms with Gasteiger partial charge in [0.25, 0.3) is 0 Å². The van der Waals surface area contributed by atoms with E-state index in [1.54, 1.807) is 12.3 Å². The highest BCUT2D eigenvalue weighted by molar-refractivity contribution is 5.99. The molecule has 1 aliphatic carbocycles. The van der Waals surface area contributed by atoms with Crippen LogP contribution in [0.4, 0.5) is 8.78 Å². The van der Waals surface area contributed by atoms with Gasteiger partial charge in [0.1, 0.15) is 0 Å². The van der Waals surface area contributed by atoms with Crippen molar-refractivity contribution < 1.29 is 23.4 Å². The second kappa shape index (κ2) is 8.20. The van der Waals surface area contributed by atoms with E-state index in [0.29, 0.717) is 31.4 Å². The van der Waals surface area contributed by atoms with Gasteiger partial charge in [-0.3, -0.25) is 5.10 Å². The highest BCUT2D eigenvalue weighted by Crippen LogP contribution is 2.47. The minimum absolute atomic E-state index is 0.0839. The van der Waals surface area contributed by atoms with E-state index < -0.39 is 23.2 Å². The number of carboxylic acids is 1. The van der Waals surface area contributed by atoms with E-state index in [0.717, 1.165) is 39.1 Å². The van der Waals surface area contributed by atoms with Gasteiger partial charge in [0.2, 0.25) is 0 Å². The molecule has 0 aliphatic heterocycles. The summed E-state index contributed by atoms with van der Waals surface area (Å²) in [6.45, 7) is 4.17. The first kappa shape index (κ1) is 22.5. The Morgan fingerprint density at radius 1 is 1.21 bits per heavy atom. The number of aliphatic carboxylic acids is 1. The molecular formula is C26H27F2N3O3. The second-order valence-corrected chi connectivity index (χ2v) is 9.49. The third-order valence-electron chi connectivity index (χ3n) is 7.29. The summed E-state index contributed by atoms with van der Waals surface area (Å²) in [4.78, 5) is 11.9. The fourth-order valence-electron chi connectivity index (χ4n) is 5.55. The van der Waals surface area contributed by atoms with Crippen LogP contribution in [-0.4, -0.2) is 38.6 Å². The van der Waals surface area contributed by atoms with Gasteiger partial charge in [-0.15, -0.1) is 0 Å². The van der Waals surface area contributed by atoms with Crippen molar-refractivity contribution in [1.29, 1.82) is 0 Å². The zero-order valence-electron chi connectivity index (χ0n) is 19.4. The Labute approximate surface area is 195 Å². The van der Waals surface area contributed by atoms with Gasteiger partial charge in [-0.1, -0.05) is 13.8 Å². The van der Waals surface area contributed by atoms with Gasteiger partial charge in [-0.2, -0.15) is 5.10 Å². The molecule has 178 valence electrons. The summed E-state index contributed by atoms with van der Waals surface area (Å²) in [5, 5.41) is 18.9. The average molecular weight is 468 g/mol. The molecule has 0 unspecified atom stereocenters. The highest BCUT2D eigenvalue weighted by Gasteiger charge is 2.43. The summed E-state index contributed by atoms with van der Waals surface area (Å²) in [7, 11) is 1.46. The second-order valence-electron chi connectivity index (χ2n) is 9.49. The van der Waals surface area contributed by atoms with Gasteiger partial charge in [0.05, 0.1) is 17.2 Å². The van der Waals surface area contributed by atoms with Gasteiger partial charge in [0.15, 0.2) is 17.2 Å². The molecular weight excluding hydrogens is 440 g/mol. The van der Waals surface area contributed by atoms with E-state index in [1.165, 1.54) is 13.2 Å². The summed E-state index contributed by atoms with van der Waals surface area (Å²) >= 11 is 0. The summed E-state index contributed by atoms with van der Waals surface area (Å²) in [6.07, 6.45) is 3.86. The third kappa shape index (κ3) is 3.39. The quantitative estimate of drug-likeness (QED) is 0.375. The molecule has 4 aromatic rings. The van der Waals surface area contributed by atoms with Gasteiger partial charge in [0, 0.05) is 35.3 Å². The monoisotopic (exact) mass is 467 g/mol. The maximum absolute atomic E-state index is 14.3. The normalized spacial score (nSPS) is 21.1. The Morgan fingerprint density at radius 2 is 1.94 bits per heavy atom. The van der Waals surface area contributed by atoms with Crippen LogP contribution in [0.25, 0.3) is 27.5 Å². The van der Waals surface area contributed by atoms with Crippen LogP contribution >= 0.6 is 0 Å². The lowest BCUT2D eigenvalue weighted by Crippen LogP contribution is -2.43. The molecule has 2 aromatic carbocycles. The molecule has 0 radical (unpaired) electrons. The predicted octanol–water partition coefficient (Wildman–Crippen LogP) is 6.04. The van der Waals surface area contributed by atoms with E-state index in [1.807, 2.05) is 10.6 Å². The summed E-state index contributed by atoms with van der Waals surface area (Å²) in [6, 6.07) is 8.05. The number of aromatic amines is 1. The third-order valence-corrected chi connectivity index (χ3v) is 7.29. The van der Waals surface area contributed by atoms with E-state index >= 15 is 0 Å². The lowest BCUT2D eigenvalue weighted by Gasteiger charge is -2.36. The molecule has 6 nitrogen and oxygen atoms in total. The molecule has 0 saturated heterocycles. The van der Waals surface area contributed by atoms with E-state index in [-0.39, 0.29) is 11.8 Å². The number of nitrogens with one attached hydrogen (secondary N) is 1. The Hall–Kier alpha value is -3.26. The molecule has 1 aliphatic rings. The van der Waals surface area contributed by atoms with Crippen molar-refractivity contribution in [2.75, 3.05) is 7.11 Å². The topological polar surface area (TPSA) is 80.1 Å². The number of halogens is 2. The predicted molar refractivity (Wildman–Crippen MR) is 126 cm³/mol. The number of hydrogen-bond acceptors (Lipinski definition) is 3. The molecule has 0 bridgehead atoms. The van der Waals surface area contributed by atoms with Crippen LogP contribution in [0.3, 0.4) is 0 Å². The minimum Gasteiger partial charge on any atom is -0.479 e. The number of H-pyrrole nitrogens is 1. The van der Waals surface area contributed by atoms with Crippen molar-refractivity contribution in [3.8, 4) is 5.69 Å². The van der Waals surface area contributed by atoms with Crippen molar-refractivity contribution in [1.82, 2.24) is 14.8 Å². The largest absolute Gasteiger partial charge is 0.479 e. The minimum atomic E-state index is -1.16. The van der Waals surface area contributed by atoms with Crippen LogP contribution in [0.5, 0.6) is 0 Å². The lowest BCUT2D eigenvalue weighted by atomic mass is 9.74. The maximum atomic E-state index is 14.3. The smallest absolute Gasteiger partial charge is 0.335 e. The molecule has 5 rings (SSSR count). The van der Waals surface area contributed by atoms with Crippen molar-refractivity contribution in [2.45, 2.75) is 57.0 Å². The maximum Gasteiger partial charge on any atom is 0.335 e. The Balaban J connectivity index is 1.75. The molecule has 1 fully saturated rings. The molecule has 2 aromatic heterocycles. The number of benzene rings is 2. The van der Waals surface area contributed by atoms with Crippen molar-refractivity contribution in [3.63, 3.8) is 0 Å². The standard InChI is InChI=1S/C26H27F2N3O3/c1-14(2)24-23(15-6-8-26(34-3,9-7-15)25(32)33)18-12-21-16(13-29-30-21)10-22(18)31(24)17-4-5-19(27)20(28)11-17/h4-5,10-15H,6-9H2,1-3H3,(H,29,30)(H,32,33).